The molecular weight excluding hydrogens is 306 g/mol. The van der Waals surface area contributed by atoms with Gasteiger partial charge in [0, 0.05) is 20.3 Å². The zero-order valence-electron chi connectivity index (χ0n) is 13.8. The van der Waals surface area contributed by atoms with Crippen molar-refractivity contribution in [2.45, 2.75) is 65.0 Å². The Hall–Kier alpha value is -1.96. The first kappa shape index (κ1) is 21.0. The van der Waals surface area contributed by atoms with Crippen molar-refractivity contribution in [1.29, 1.82) is 0 Å². The van der Waals surface area contributed by atoms with Crippen molar-refractivity contribution in [3.63, 3.8) is 0 Å². The highest BCUT2D eigenvalue weighted by Gasteiger charge is 2.29. The molecule has 0 aromatic carbocycles. The molecule has 0 aromatic heterocycles. The molecule has 0 saturated carbocycles. The van der Waals surface area contributed by atoms with Gasteiger partial charge in [-0.25, -0.2) is 0 Å². The number of carbonyl (C=O) groups is 4. The average Bonchev–Trinajstić information content (AvgIpc) is 2.36. The quantitative estimate of drug-likeness (QED) is 0.565. The van der Waals surface area contributed by atoms with Crippen LogP contribution in [0.15, 0.2) is 0 Å². The summed E-state index contributed by atoms with van der Waals surface area (Å²) in [6.45, 7) is 4.32. The third-order valence-corrected chi connectivity index (χ3v) is 3.22. The maximum Gasteiger partial charge on any atom is 0.305 e. The van der Waals surface area contributed by atoms with Crippen LogP contribution in [0, 0.1) is 0 Å². The highest BCUT2D eigenvalue weighted by atomic mass is 16.5. The summed E-state index contributed by atoms with van der Waals surface area (Å²) >= 11 is 0. The van der Waals surface area contributed by atoms with E-state index in [4.69, 9.17) is 9.84 Å². The number of aliphatic hydroxyl groups excluding tert-OH is 1. The topological polar surface area (TPSA) is 121 Å². The second-order valence-electron chi connectivity index (χ2n) is 5.25. The third kappa shape index (κ3) is 8.92. The van der Waals surface area contributed by atoms with Gasteiger partial charge < -0.3 is 14.9 Å². The fourth-order valence-electron chi connectivity index (χ4n) is 2.36. The molecule has 132 valence electrons. The number of rotatable bonds is 10. The summed E-state index contributed by atoms with van der Waals surface area (Å²) in [5.74, 6) is -2.66. The van der Waals surface area contributed by atoms with Crippen molar-refractivity contribution in [3.8, 4) is 0 Å². The fraction of sp³-hybridized carbons (Fsp3) is 0.733. The molecule has 0 aliphatic carbocycles. The van der Waals surface area contributed by atoms with Gasteiger partial charge in [-0.3, -0.25) is 24.1 Å². The number of carboxylic acid groups (broad SMARTS) is 1. The number of hydrogen-bond donors (Lipinski definition) is 2. The molecule has 0 rings (SSSR count). The maximum absolute atomic E-state index is 11.5. The van der Waals surface area contributed by atoms with Gasteiger partial charge in [-0.1, -0.05) is 0 Å². The molecule has 0 bridgehead atoms. The minimum absolute atomic E-state index is 0.0473. The lowest BCUT2D eigenvalue weighted by Crippen LogP contribution is -2.45. The number of aliphatic hydroxyl groups is 1. The van der Waals surface area contributed by atoms with E-state index in [0.29, 0.717) is 6.42 Å². The van der Waals surface area contributed by atoms with Gasteiger partial charge in [0.05, 0.1) is 25.2 Å². The van der Waals surface area contributed by atoms with Gasteiger partial charge in [0.25, 0.3) is 0 Å². The van der Waals surface area contributed by atoms with Crippen molar-refractivity contribution in [3.05, 3.63) is 0 Å². The second kappa shape index (κ2) is 10.7. The second-order valence-corrected chi connectivity index (χ2v) is 5.25. The fourth-order valence-corrected chi connectivity index (χ4v) is 2.36. The van der Waals surface area contributed by atoms with Crippen LogP contribution in [0.1, 0.15) is 52.9 Å². The summed E-state index contributed by atoms with van der Waals surface area (Å²) in [7, 11) is 0. The van der Waals surface area contributed by atoms with E-state index in [0.717, 1.165) is 4.90 Å². The molecule has 2 atom stereocenters. The summed E-state index contributed by atoms with van der Waals surface area (Å²) in [5, 5.41) is 18.9. The zero-order chi connectivity index (χ0) is 18.0. The molecule has 0 radical (unpaired) electrons. The first-order valence-corrected chi connectivity index (χ1v) is 7.54. The Kier molecular flexibility index (Phi) is 9.80. The lowest BCUT2D eigenvalue weighted by Gasteiger charge is -2.28. The number of ether oxygens (including phenoxy) is 1. The van der Waals surface area contributed by atoms with Crippen LogP contribution in [0.5, 0.6) is 0 Å². The van der Waals surface area contributed by atoms with Gasteiger partial charge in [0.15, 0.2) is 0 Å². The van der Waals surface area contributed by atoms with Crippen molar-refractivity contribution in [1.82, 2.24) is 4.90 Å². The minimum Gasteiger partial charge on any atom is -0.481 e. The Morgan fingerprint density at radius 1 is 1.13 bits per heavy atom. The van der Waals surface area contributed by atoms with Crippen molar-refractivity contribution in [2.24, 2.45) is 0 Å². The van der Waals surface area contributed by atoms with E-state index in [9.17, 15) is 24.3 Å². The Morgan fingerprint density at radius 2 is 1.70 bits per heavy atom. The van der Waals surface area contributed by atoms with Crippen molar-refractivity contribution in [2.75, 3.05) is 6.61 Å². The summed E-state index contributed by atoms with van der Waals surface area (Å²) in [4.78, 5) is 46.0. The Balaban J connectivity index is 4.63. The lowest BCUT2D eigenvalue weighted by atomic mass is 10.00. The van der Waals surface area contributed by atoms with Crippen molar-refractivity contribution < 1.29 is 34.1 Å². The summed E-state index contributed by atoms with van der Waals surface area (Å²) < 4.78 is 4.76. The molecule has 0 fully saturated rings. The summed E-state index contributed by atoms with van der Waals surface area (Å²) in [6, 6.07) is -0.917. The molecule has 0 spiro atoms. The van der Waals surface area contributed by atoms with Gasteiger partial charge in [0.1, 0.15) is 0 Å². The van der Waals surface area contributed by atoms with Gasteiger partial charge in [0.2, 0.25) is 11.8 Å². The number of aliphatic carboxylic acids is 1. The minimum atomic E-state index is -1.17. The van der Waals surface area contributed by atoms with E-state index in [1.54, 1.807) is 6.92 Å². The number of hydrogen-bond acceptors (Lipinski definition) is 6. The normalized spacial score (nSPS) is 13.0. The van der Waals surface area contributed by atoms with Crippen LogP contribution in [0.3, 0.4) is 0 Å². The smallest absolute Gasteiger partial charge is 0.305 e. The van der Waals surface area contributed by atoms with Gasteiger partial charge >= 0.3 is 11.9 Å². The summed E-state index contributed by atoms with van der Waals surface area (Å²) in [6.07, 6.45) is -0.631. The largest absolute Gasteiger partial charge is 0.481 e. The number of carbonyl (C=O) groups excluding carboxylic acids is 3. The monoisotopic (exact) mass is 331 g/mol. The SMILES string of the molecule is CCOC(=O)CCCC(O)CC(CC(=O)O)N(C(C)=O)C(C)=O. The number of carboxylic acids is 1. The number of nitrogens with zero attached hydrogens (tertiary/aromatic N) is 1. The zero-order valence-corrected chi connectivity index (χ0v) is 13.8. The van der Waals surface area contributed by atoms with Gasteiger partial charge in [-0.15, -0.1) is 0 Å². The molecular formula is C15H25NO7. The van der Waals surface area contributed by atoms with Crippen LogP contribution < -0.4 is 0 Å². The van der Waals surface area contributed by atoms with Gasteiger partial charge in [-0.05, 0) is 26.2 Å². The van der Waals surface area contributed by atoms with E-state index in [1.807, 2.05) is 0 Å². The molecule has 2 unspecified atom stereocenters. The molecule has 23 heavy (non-hydrogen) atoms. The molecule has 2 amide bonds. The standard InChI is InChI=1S/C15H25NO7/c1-4-23-15(22)7-5-6-13(19)8-12(9-14(20)21)16(10(2)17)11(3)18/h12-13,19H,4-9H2,1-3H3,(H,20,21). The molecule has 0 saturated heterocycles. The predicted molar refractivity (Wildman–Crippen MR) is 80.3 cm³/mol. The van der Waals surface area contributed by atoms with Gasteiger partial charge in [-0.2, -0.15) is 0 Å². The molecule has 0 aliphatic rings. The molecule has 0 aliphatic heterocycles. The van der Waals surface area contributed by atoms with Crippen LogP contribution in [0.25, 0.3) is 0 Å². The molecule has 8 heteroatoms. The first-order valence-electron chi connectivity index (χ1n) is 7.54. The van der Waals surface area contributed by atoms with E-state index in [-0.39, 0.29) is 31.8 Å². The molecule has 0 heterocycles. The Morgan fingerprint density at radius 3 is 2.13 bits per heavy atom. The van der Waals surface area contributed by atoms with Crippen LogP contribution in [-0.2, 0) is 23.9 Å². The van der Waals surface area contributed by atoms with Crippen LogP contribution >= 0.6 is 0 Å². The van der Waals surface area contributed by atoms with Crippen molar-refractivity contribution >= 4 is 23.8 Å². The van der Waals surface area contributed by atoms with E-state index < -0.39 is 36.4 Å². The van der Waals surface area contributed by atoms with Crippen LogP contribution in [-0.4, -0.2) is 57.6 Å². The van der Waals surface area contributed by atoms with Crippen LogP contribution in [0.2, 0.25) is 0 Å². The molecule has 8 nitrogen and oxygen atoms in total. The number of imide groups is 1. The van der Waals surface area contributed by atoms with E-state index >= 15 is 0 Å². The summed E-state index contributed by atoms with van der Waals surface area (Å²) in [5.41, 5.74) is 0. The Labute approximate surface area is 135 Å². The first-order chi connectivity index (χ1) is 10.7. The van der Waals surface area contributed by atoms with E-state index in [2.05, 4.69) is 0 Å². The number of esters is 1. The lowest BCUT2D eigenvalue weighted by molar-refractivity contribution is -0.148. The van der Waals surface area contributed by atoms with E-state index in [1.165, 1.54) is 13.8 Å². The van der Waals surface area contributed by atoms with Crippen LogP contribution in [0.4, 0.5) is 0 Å². The maximum atomic E-state index is 11.5. The average molecular weight is 331 g/mol. The predicted octanol–water partition coefficient (Wildman–Crippen LogP) is 0.709. The highest BCUT2D eigenvalue weighted by molar-refractivity contribution is 5.93. The molecule has 2 N–H and O–H groups in total. The Bertz CT molecular complexity index is 422. The number of amides is 2. The highest BCUT2D eigenvalue weighted by Crippen LogP contribution is 2.16. The molecule has 0 aromatic rings. The third-order valence-electron chi connectivity index (χ3n) is 3.22.